The van der Waals surface area contributed by atoms with Gasteiger partial charge in [-0.25, -0.2) is 12.8 Å². The summed E-state index contributed by atoms with van der Waals surface area (Å²) in [5.41, 5.74) is 2.85. The van der Waals surface area contributed by atoms with Crippen LogP contribution in [0.1, 0.15) is 42.4 Å². The quantitative estimate of drug-likeness (QED) is 0.176. The summed E-state index contributed by atoms with van der Waals surface area (Å²) in [6.45, 7) is 1.40. The Bertz CT molecular complexity index is 1730. The van der Waals surface area contributed by atoms with E-state index in [-0.39, 0.29) is 35.5 Å². The van der Waals surface area contributed by atoms with Gasteiger partial charge < -0.3 is 10.2 Å². The molecule has 0 bridgehead atoms. The molecule has 10 heteroatoms. The minimum atomic E-state index is -4.30. The lowest BCUT2D eigenvalue weighted by Crippen LogP contribution is -2.54. The molecule has 1 N–H and O–H groups in total. The fraction of sp³-hybridized carbons (Fsp3) is 0.278. The summed E-state index contributed by atoms with van der Waals surface area (Å²) in [6, 6.07) is 27.4. The van der Waals surface area contributed by atoms with E-state index in [0.717, 1.165) is 63.3 Å². The number of halogens is 2. The van der Waals surface area contributed by atoms with Crippen LogP contribution < -0.4 is 9.62 Å². The molecule has 0 unspecified atom stereocenters. The Labute approximate surface area is 278 Å². The Morgan fingerprint density at radius 1 is 0.870 bits per heavy atom. The minimum absolute atomic E-state index is 0.0262. The van der Waals surface area contributed by atoms with Gasteiger partial charge in [0.15, 0.2) is 0 Å². The number of amides is 2. The topological polar surface area (TPSA) is 86.8 Å². The average Bonchev–Trinajstić information content (AvgIpc) is 3.56. The Hall–Kier alpha value is -4.02. The van der Waals surface area contributed by atoms with Crippen LogP contribution in [-0.2, 0) is 32.6 Å². The minimum Gasteiger partial charge on any atom is -0.352 e. The highest BCUT2D eigenvalue weighted by molar-refractivity contribution is 9.10. The summed E-state index contributed by atoms with van der Waals surface area (Å²) in [5.74, 6) is -1.39. The highest BCUT2D eigenvalue weighted by atomic mass is 79.9. The van der Waals surface area contributed by atoms with E-state index in [4.69, 9.17) is 0 Å². The van der Waals surface area contributed by atoms with Crippen molar-refractivity contribution < 1.29 is 22.4 Å². The third kappa shape index (κ3) is 8.41. The molecule has 1 fully saturated rings. The largest absolute Gasteiger partial charge is 0.352 e. The van der Waals surface area contributed by atoms with Gasteiger partial charge in [-0.3, -0.25) is 13.9 Å². The maximum atomic E-state index is 14.5. The molecule has 0 saturated heterocycles. The molecular weight excluding hydrogens is 669 g/mol. The van der Waals surface area contributed by atoms with Crippen LogP contribution in [0.5, 0.6) is 0 Å². The first-order valence-corrected chi connectivity index (χ1v) is 17.6. The summed E-state index contributed by atoms with van der Waals surface area (Å²) < 4.78 is 43.8. The van der Waals surface area contributed by atoms with Crippen LogP contribution in [0.25, 0.3) is 0 Å². The van der Waals surface area contributed by atoms with Crippen molar-refractivity contribution in [2.24, 2.45) is 0 Å². The zero-order valence-corrected chi connectivity index (χ0v) is 28.0. The molecule has 1 aliphatic carbocycles. The number of aryl methyl sites for hydroxylation is 1. The third-order valence-corrected chi connectivity index (χ3v) is 10.6. The van der Waals surface area contributed by atoms with E-state index in [1.807, 2.05) is 61.5 Å². The smallest absolute Gasteiger partial charge is 0.264 e. The highest BCUT2D eigenvalue weighted by Crippen LogP contribution is 2.26. The molecule has 1 aliphatic rings. The molecule has 4 aromatic rings. The number of benzene rings is 4. The van der Waals surface area contributed by atoms with Gasteiger partial charge in [0.2, 0.25) is 11.8 Å². The molecule has 0 spiro atoms. The standard InChI is InChI=1S/C36H37BrFN3O4S/c1-26-11-19-32(20-12-26)41(46(44,45)33-21-17-30(38)18-22-33)25-35(42)40(24-28-13-15-29(37)16-14-28)34(23-27-7-3-2-4-8-27)36(43)39-31-9-5-6-10-31/h2-4,7-8,11-22,31,34H,5-6,9-10,23-25H2,1H3,(H,39,43)/t34-/m0/s1. The van der Waals surface area contributed by atoms with Crippen LogP contribution in [0.2, 0.25) is 0 Å². The summed E-state index contributed by atoms with van der Waals surface area (Å²) in [7, 11) is -4.30. The predicted molar refractivity (Wildman–Crippen MR) is 181 cm³/mol. The molecule has 4 aromatic carbocycles. The van der Waals surface area contributed by atoms with Crippen molar-refractivity contribution in [2.45, 2.75) is 62.6 Å². The molecule has 5 rings (SSSR count). The van der Waals surface area contributed by atoms with E-state index < -0.39 is 34.3 Å². The van der Waals surface area contributed by atoms with Gasteiger partial charge in [-0.15, -0.1) is 0 Å². The molecule has 240 valence electrons. The van der Waals surface area contributed by atoms with Crippen LogP contribution in [-0.4, -0.2) is 43.8 Å². The Kier molecular flexibility index (Phi) is 10.9. The van der Waals surface area contributed by atoms with Gasteiger partial charge in [-0.2, -0.15) is 0 Å². The maximum Gasteiger partial charge on any atom is 0.264 e. The van der Waals surface area contributed by atoms with Gasteiger partial charge in [-0.05, 0) is 79.4 Å². The predicted octanol–water partition coefficient (Wildman–Crippen LogP) is 6.79. The molecule has 46 heavy (non-hydrogen) atoms. The molecule has 1 atom stereocenters. The van der Waals surface area contributed by atoms with Crippen molar-refractivity contribution in [1.29, 1.82) is 0 Å². The number of hydrogen-bond acceptors (Lipinski definition) is 4. The molecular formula is C36H37BrFN3O4S. The average molecular weight is 707 g/mol. The van der Waals surface area contributed by atoms with E-state index in [9.17, 15) is 22.4 Å². The van der Waals surface area contributed by atoms with Crippen LogP contribution in [0.4, 0.5) is 10.1 Å². The van der Waals surface area contributed by atoms with E-state index >= 15 is 0 Å². The van der Waals surface area contributed by atoms with Gasteiger partial charge in [-0.1, -0.05) is 88.9 Å². The number of sulfonamides is 1. The Morgan fingerprint density at radius 2 is 1.50 bits per heavy atom. The number of hydrogen-bond donors (Lipinski definition) is 1. The van der Waals surface area contributed by atoms with E-state index in [1.165, 1.54) is 17.0 Å². The molecule has 0 aromatic heterocycles. The number of carbonyl (C=O) groups excluding carboxylic acids is 2. The first-order chi connectivity index (χ1) is 22.1. The van der Waals surface area contributed by atoms with Crippen LogP contribution in [0, 0.1) is 12.7 Å². The monoisotopic (exact) mass is 705 g/mol. The second-order valence-corrected chi connectivity index (χ2v) is 14.4. The van der Waals surface area contributed by atoms with E-state index in [2.05, 4.69) is 21.2 Å². The SMILES string of the molecule is Cc1ccc(N(CC(=O)N(Cc2ccc(Br)cc2)[C@@H](Cc2ccccc2)C(=O)NC2CCCC2)S(=O)(=O)c2ccc(F)cc2)cc1. The molecule has 2 amide bonds. The lowest BCUT2D eigenvalue weighted by molar-refractivity contribution is -0.140. The van der Waals surface area contributed by atoms with Gasteiger partial charge in [0.1, 0.15) is 18.4 Å². The van der Waals surface area contributed by atoms with E-state index in [0.29, 0.717) is 0 Å². The molecule has 0 heterocycles. The molecule has 0 radical (unpaired) electrons. The second kappa shape index (κ2) is 15.0. The Balaban J connectivity index is 1.55. The third-order valence-electron chi connectivity index (χ3n) is 8.24. The second-order valence-electron chi connectivity index (χ2n) is 11.6. The first-order valence-electron chi connectivity index (χ1n) is 15.3. The van der Waals surface area contributed by atoms with Crippen LogP contribution in [0.15, 0.2) is 112 Å². The molecule has 1 saturated carbocycles. The lowest BCUT2D eigenvalue weighted by atomic mass is 10.0. The van der Waals surface area contributed by atoms with Gasteiger partial charge in [0.25, 0.3) is 10.0 Å². The number of anilines is 1. The number of nitrogens with zero attached hydrogens (tertiary/aromatic N) is 2. The summed E-state index contributed by atoms with van der Waals surface area (Å²) in [5, 5.41) is 3.17. The number of rotatable bonds is 12. The van der Waals surface area contributed by atoms with Crippen molar-refractivity contribution in [3.8, 4) is 0 Å². The van der Waals surface area contributed by atoms with Crippen LogP contribution in [0.3, 0.4) is 0 Å². The number of carbonyl (C=O) groups is 2. The first kappa shape index (κ1) is 33.3. The van der Waals surface area contributed by atoms with Crippen molar-refractivity contribution in [2.75, 3.05) is 10.8 Å². The number of nitrogens with one attached hydrogen (secondary N) is 1. The van der Waals surface area contributed by atoms with Crippen molar-refractivity contribution >= 4 is 43.5 Å². The Morgan fingerprint density at radius 3 is 2.13 bits per heavy atom. The van der Waals surface area contributed by atoms with E-state index in [1.54, 1.807) is 24.3 Å². The summed E-state index contributed by atoms with van der Waals surface area (Å²) in [4.78, 5) is 29.9. The maximum absolute atomic E-state index is 14.5. The molecule has 7 nitrogen and oxygen atoms in total. The molecule has 0 aliphatic heterocycles. The van der Waals surface area contributed by atoms with Crippen molar-refractivity contribution in [1.82, 2.24) is 10.2 Å². The summed E-state index contributed by atoms with van der Waals surface area (Å²) in [6.07, 6.45) is 4.06. The normalized spacial score (nSPS) is 14.1. The fourth-order valence-electron chi connectivity index (χ4n) is 5.68. The van der Waals surface area contributed by atoms with Gasteiger partial charge in [0, 0.05) is 23.5 Å². The van der Waals surface area contributed by atoms with Crippen LogP contribution >= 0.6 is 15.9 Å². The highest BCUT2D eigenvalue weighted by Gasteiger charge is 2.35. The fourth-order valence-corrected chi connectivity index (χ4v) is 7.36. The lowest BCUT2D eigenvalue weighted by Gasteiger charge is -2.34. The van der Waals surface area contributed by atoms with Crippen molar-refractivity contribution in [3.63, 3.8) is 0 Å². The van der Waals surface area contributed by atoms with Gasteiger partial charge >= 0.3 is 0 Å². The zero-order chi connectivity index (χ0) is 32.7. The van der Waals surface area contributed by atoms with Gasteiger partial charge in [0.05, 0.1) is 10.6 Å². The zero-order valence-electron chi connectivity index (χ0n) is 25.6. The van der Waals surface area contributed by atoms with Crippen molar-refractivity contribution in [3.05, 3.63) is 130 Å². The summed E-state index contributed by atoms with van der Waals surface area (Å²) >= 11 is 3.46.